The molecule has 0 saturated heterocycles. The lowest BCUT2D eigenvalue weighted by Gasteiger charge is -2.13. The van der Waals surface area contributed by atoms with Gasteiger partial charge in [0.15, 0.2) is 0 Å². The van der Waals surface area contributed by atoms with Gasteiger partial charge in [-0.2, -0.15) is 5.26 Å². The van der Waals surface area contributed by atoms with Crippen LogP contribution in [0.15, 0.2) is 93.4 Å². The number of carbonyl (C=O) groups is 1. The summed E-state index contributed by atoms with van der Waals surface area (Å²) in [4.78, 5) is 12.6. The molecule has 0 unspecified atom stereocenters. The minimum Gasteiger partial charge on any atom is -0.497 e. The third kappa shape index (κ3) is 6.14. The molecule has 0 spiro atoms. The molecule has 0 heterocycles. The fraction of sp³-hybridized carbons (Fsp3) is 0.103. The van der Waals surface area contributed by atoms with Gasteiger partial charge in [-0.15, -0.1) is 0 Å². The van der Waals surface area contributed by atoms with Crippen molar-refractivity contribution >= 4 is 54.6 Å². The highest BCUT2D eigenvalue weighted by atomic mass is 79.9. The summed E-state index contributed by atoms with van der Waals surface area (Å²) in [5, 5.41) is 14.7. The van der Waals surface area contributed by atoms with E-state index in [4.69, 9.17) is 9.47 Å². The van der Waals surface area contributed by atoms with Crippen molar-refractivity contribution in [3.63, 3.8) is 0 Å². The maximum Gasteiger partial charge on any atom is 0.262 e. The van der Waals surface area contributed by atoms with E-state index in [1.165, 1.54) is 0 Å². The molecule has 1 amide bonds. The Morgan fingerprint density at radius 2 is 1.69 bits per heavy atom. The largest absolute Gasteiger partial charge is 0.497 e. The molecule has 0 saturated carbocycles. The normalized spacial score (nSPS) is 11.1. The van der Waals surface area contributed by atoms with Crippen molar-refractivity contribution in [3.05, 3.63) is 110 Å². The zero-order chi connectivity index (χ0) is 25.5. The van der Waals surface area contributed by atoms with Crippen LogP contribution < -0.4 is 14.8 Å². The molecule has 0 aromatic heterocycles. The van der Waals surface area contributed by atoms with Crippen molar-refractivity contribution in [1.29, 1.82) is 5.26 Å². The number of halogens is 2. The van der Waals surface area contributed by atoms with Crippen molar-refractivity contribution in [3.8, 4) is 17.6 Å². The summed E-state index contributed by atoms with van der Waals surface area (Å²) in [6, 6.07) is 27.3. The van der Waals surface area contributed by atoms with Crippen LogP contribution in [0.5, 0.6) is 11.5 Å². The zero-order valence-electron chi connectivity index (χ0n) is 19.4. The summed E-state index contributed by atoms with van der Waals surface area (Å²) in [5.41, 5.74) is 2.67. The fourth-order valence-corrected chi connectivity index (χ4v) is 5.16. The van der Waals surface area contributed by atoms with Gasteiger partial charge in [-0.25, -0.2) is 0 Å². The molecule has 5 nitrogen and oxygen atoms in total. The Morgan fingerprint density at radius 1 is 1.00 bits per heavy atom. The van der Waals surface area contributed by atoms with E-state index in [2.05, 4.69) is 55.4 Å². The number of carbonyl (C=O) groups excluding carboxylic acids is 1. The highest BCUT2D eigenvalue weighted by molar-refractivity contribution is 9.11. The molecule has 36 heavy (non-hydrogen) atoms. The van der Waals surface area contributed by atoms with Crippen LogP contribution in [-0.4, -0.2) is 13.0 Å². The number of hydrogen-bond acceptors (Lipinski definition) is 4. The van der Waals surface area contributed by atoms with Crippen LogP contribution in [0.25, 0.3) is 16.8 Å². The minimum atomic E-state index is -0.447. The molecule has 0 radical (unpaired) electrons. The number of nitrogens with one attached hydrogen (secondary N) is 1. The first-order chi connectivity index (χ1) is 17.5. The van der Waals surface area contributed by atoms with Gasteiger partial charge in [-0.05, 0) is 89.7 Å². The maximum absolute atomic E-state index is 12.6. The van der Waals surface area contributed by atoms with E-state index < -0.39 is 5.91 Å². The lowest BCUT2D eigenvalue weighted by molar-refractivity contribution is -0.117. The van der Waals surface area contributed by atoms with Crippen LogP contribution in [0, 0.1) is 11.3 Å². The van der Waals surface area contributed by atoms with Gasteiger partial charge >= 0.3 is 0 Å². The molecule has 0 aliphatic heterocycles. The summed E-state index contributed by atoms with van der Waals surface area (Å²) >= 11 is 7.13. The Labute approximate surface area is 226 Å². The van der Waals surface area contributed by atoms with Gasteiger partial charge in [0.1, 0.15) is 29.7 Å². The maximum atomic E-state index is 12.6. The third-order valence-corrected chi connectivity index (χ3v) is 6.74. The second-order valence-corrected chi connectivity index (χ2v) is 9.65. The molecule has 4 aromatic rings. The second kappa shape index (κ2) is 11.9. The first kappa shape index (κ1) is 25.5. The number of hydrogen-bond donors (Lipinski definition) is 1. The number of methoxy groups -OCH3 is 1. The van der Waals surface area contributed by atoms with Gasteiger partial charge in [0.2, 0.25) is 0 Å². The third-order valence-electron chi connectivity index (χ3n) is 5.56. The van der Waals surface area contributed by atoms with Crippen molar-refractivity contribution < 1.29 is 14.3 Å². The minimum absolute atomic E-state index is 0.00624. The molecule has 0 aliphatic rings. The van der Waals surface area contributed by atoms with E-state index in [9.17, 15) is 10.1 Å². The van der Waals surface area contributed by atoms with Crippen molar-refractivity contribution in [1.82, 2.24) is 5.32 Å². The summed E-state index contributed by atoms with van der Waals surface area (Å²) in [7, 11) is 1.60. The van der Waals surface area contributed by atoms with Crippen LogP contribution in [0.4, 0.5) is 0 Å². The summed E-state index contributed by atoms with van der Waals surface area (Å²) in [6.07, 6.45) is 1.55. The molecule has 0 aliphatic carbocycles. The Hall–Kier alpha value is -3.60. The Morgan fingerprint density at radius 3 is 2.39 bits per heavy atom. The lowest BCUT2D eigenvalue weighted by atomic mass is 10.1. The van der Waals surface area contributed by atoms with Gasteiger partial charge in [0.05, 0.1) is 16.1 Å². The first-order valence-corrected chi connectivity index (χ1v) is 12.7. The number of benzene rings is 4. The van der Waals surface area contributed by atoms with E-state index in [1.54, 1.807) is 13.2 Å². The standard InChI is InChI=1S/C29H22Br2N2O3/c1-35-24-11-9-19(10-12-24)17-33-29(34)23(16-32)13-20-14-26(30)28(27(31)15-20)36-18-22-7-4-6-21-5-2-3-8-25(21)22/h2-15H,17-18H2,1H3,(H,33,34)/b23-13-. The lowest BCUT2D eigenvalue weighted by Crippen LogP contribution is -2.23. The van der Waals surface area contributed by atoms with Crippen LogP contribution >= 0.6 is 31.9 Å². The van der Waals surface area contributed by atoms with Crippen LogP contribution in [0.1, 0.15) is 16.7 Å². The summed E-state index contributed by atoms with van der Waals surface area (Å²) in [6.45, 7) is 0.696. The number of fused-ring (bicyclic) bond motifs is 1. The smallest absolute Gasteiger partial charge is 0.262 e. The van der Waals surface area contributed by atoms with E-state index in [0.717, 1.165) is 27.6 Å². The SMILES string of the molecule is COc1ccc(CNC(=O)/C(C#N)=C\c2cc(Br)c(OCc3cccc4ccccc34)c(Br)c2)cc1. The van der Waals surface area contributed by atoms with E-state index >= 15 is 0 Å². The van der Waals surface area contributed by atoms with E-state index in [0.29, 0.717) is 33.4 Å². The Kier molecular flexibility index (Phi) is 8.42. The van der Waals surface area contributed by atoms with Gasteiger partial charge in [0, 0.05) is 6.54 Å². The molecule has 180 valence electrons. The summed E-state index contributed by atoms with van der Waals surface area (Å²) in [5.74, 6) is 0.933. The second-order valence-electron chi connectivity index (χ2n) is 7.94. The number of ether oxygens (including phenoxy) is 2. The fourth-order valence-electron chi connectivity index (χ4n) is 3.71. The molecule has 4 rings (SSSR count). The molecular formula is C29H22Br2N2O3. The van der Waals surface area contributed by atoms with Crippen LogP contribution in [0.2, 0.25) is 0 Å². The molecule has 0 bridgehead atoms. The van der Waals surface area contributed by atoms with E-state index in [1.807, 2.05) is 66.7 Å². The molecular weight excluding hydrogens is 584 g/mol. The highest BCUT2D eigenvalue weighted by Gasteiger charge is 2.13. The van der Waals surface area contributed by atoms with Crippen molar-refractivity contribution in [2.75, 3.05) is 7.11 Å². The quantitative estimate of drug-likeness (QED) is 0.171. The predicted octanol–water partition coefficient (Wildman–Crippen LogP) is 7.18. The molecule has 0 atom stereocenters. The van der Waals surface area contributed by atoms with E-state index in [-0.39, 0.29) is 5.57 Å². The first-order valence-electron chi connectivity index (χ1n) is 11.1. The number of amides is 1. The topological polar surface area (TPSA) is 71.3 Å². The van der Waals surface area contributed by atoms with Crippen LogP contribution in [0.3, 0.4) is 0 Å². The van der Waals surface area contributed by atoms with Gasteiger partial charge in [-0.1, -0.05) is 54.6 Å². The molecule has 0 fully saturated rings. The number of rotatable bonds is 8. The van der Waals surface area contributed by atoms with Gasteiger partial charge < -0.3 is 14.8 Å². The highest BCUT2D eigenvalue weighted by Crippen LogP contribution is 2.36. The number of nitrogens with zero attached hydrogens (tertiary/aromatic N) is 1. The van der Waals surface area contributed by atoms with Crippen molar-refractivity contribution in [2.45, 2.75) is 13.2 Å². The van der Waals surface area contributed by atoms with Crippen molar-refractivity contribution in [2.24, 2.45) is 0 Å². The monoisotopic (exact) mass is 604 g/mol. The number of nitriles is 1. The zero-order valence-corrected chi connectivity index (χ0v) is 22.6. The van der Waals surface area contributed by atoms with Crippen LogP contribution in [-0.2, 0) is 17.9 Å². The van der Waals surface area contributed by atoms with Gasteiger partial charge in [-0.3, -0.25) is 4.79 Å². The molecule has 7 heteroatoms. The molecule has 1 N–H and O–H groups in total. The van der Waals surface area contributed by atoms with Gasteiger partial charge in [0.25, 0.3) is 5.91 Å². The molecule has 4 aromatic carbocycles. The summed E-state index contributed by atoms with van der Waals surface area (Å²) < 4.78 is 12.7. The average Bonchev–Trinajstić information content (AvgIpc) is 2.90. The Bertz CT molecular complexity index is 1450. The Balaban J connectivity index is 1.46. The predicted molar refractivity (Wildman–Crippen MR) is 149 cm³/mol. The average molecular weight is 606 g/mol.